The summed E-state index contributed by atoms with van der Waals surface area (Å²) in [5, 5.41) is 3.43. The van der Waals surface area contributed by atoms with Crippen molar-refractivity contribution in [2.45, 2.75) is 51.5 Å². The maximum atomic E-state index is 5.98. The van der Waals surface area contributed by atoms with Crippen molar-refractivity contribution in [3.63, 3.8) is 0 Å². The van der Waals surface area contributed by atoms with Crippen LogP contribution in [0.5, 0.6) is 0 Å². The zero-order chi connectivity index (χ0) is 14.1. The maximum Gasteiger partial charge on any atom is 0.0991 e. The first-order chi connectivity index (χ1) is 9.22. The first kappa shape index (κ1) is 16.9. The minimum atomic E-state index is 0.112. The fourth-order valence-corrected chi connectivity index (χ4v) is 2.29. The van der Waals surface area contributed by atoms with Gasteiger partial charge >= 0.3 is 0 Å². The summed E-state index contributed by atoms with van der Waals surface area (Å²) in [6.07, 6.45) is 1.40. The molecule has 5 nitrogen and oxygen atoms in total. The predicted molar refractivity (Wildman–Crippen MR) is 74.5 cm³/mol. The number of hydrogen-bond donors (Lipinski definition) is 1. The van der Waals surface area contributed by atoms with Crippen molar-refractivity contribution in [1.29, 1.82) is 0 Å². The van der Waals surface area contributed by atoms with Crippen LogP contribution in [0.15, 0.2) is 0 Å². The van der Waals surface area contributed by atoms with Gasteiger partial charge in [-0.3, -0.25) is 0 Å². The second-order valence-electron chi connectivity index (χ2n) is 4.87. The van der Waals surface area contributed by atoms with E-state index < -0.39 is 0 Å². The van der Waals surface area contributed by atoms with Crippen LogP contribution in [-0.4, -0.2) is 64.4 Å². The third kappa shape index (κ3) is 5.75. The van der Waals surface area contributed by atoms with Crippen LogP contribution in [0.1, 0.15) is 27.2 Å². The number of likely N-dealkylation sites (N-methyl/N-ethyl adjacent to an activating group) is 1. The van der Waals surface area contributed by atoms with E-state index in [-0.39, 0.29) is 18.3 Å². The fourth-order valence-electron chi connectivity index (χ4n) is 2.29. The highest BCUT2D eigenvalue weighted by Gasteiger charge is 2.43. The monoisotopic (exact) mass is 275 g/mol. The van der Waals surface area contributed by atoms with Gasteiger partial charge in [0.25, 0.3) is 0 Å². The molecule has 1 rings (SSSR count). The van der Waals surface area contributed by atoms with Crippen LogP contribution in [0.2, 0.25) is 0 Å². The average Bonchev–Trinajstić information content (AvgIpc) is 2.40. The molecule has 0 aromatic heterocycles. The summed E-state index contributed by atoms with van der Waals surface area (Å²) in [4.78, 5) is 0. The molecule has 0 heterocycles. The molecule has 1 saturated carbocycles. The second-order valence-corrected chi connectivity index (χ2v) is 4.87. The molecule has 1 N–H and O–H groups in total. The van der Waals surface area contributed by atoms with E-state index in [0.29, 0.717) is 25.9 Å². The van der Waals surface area contributed by atoms with Gasteiger partial charge in [-0.15, -0.1) is 0 Å². The third-order valence-electron chi connectivity index (χ3n) is 3.28. The number of nitrogens with one attached hydrogen (secondary N) is 1. The Balaban J connectivity index is 2.30. The first-order valence-electron chi connectivity index (χ1n) is 7.30. The molecule has 0 bridgehead atoms. The van der Waals surface area contributed by atoms with Gasteiger partial charge in [0, 0.05) is 19.8 Å². The molecule has 5 heteroatoms. The Labute approximate surface area is 116 Å². The Bertz CT molecular complexity index is 227. The van der Waals surface area contributed by atoms with Gasteiger partial charge in [-0.05, 0) is 26.8 Å². The normalized spacial score (nSPS) is 28.1. The van der Waals surface area contributed by atoms with Crippen LogP contribution < -0.4 is 5.32 Å². The number of rotatable bonds is 11. The summed E-state index contributed by atoms with van der Waals surface area (Å²) >= 11 is 0. The van der Waals surface area contributed by atoms with Gasteiger partial charge in [-0.1, -0.05) is 6.92 Å². The minimum absolute atomic E-state index is 0.112. The lowest BCUT2D eigenvalue weighted by Crippen LogP contribution is -2.61. The largest absolute Gasteiger partial charge is 0.382 e. The SMILES string of the molecule is CCNC1CC(OC(C)COCC)C1OCCOC. The van der Waals surface area contributed by atoms with E-state index in [2.05, 4.69) is 12.2 Å². The van der Waals surface area contributed by atoms with Gasteiger partial charge in [-0.2, -0.15) is 0 Å². The molecule has 0 saturated heterocycles. The molecule has 4 atom stereocenters. The van der Waals surface area contributed by atoms with Crippen molar-refractivity contribution in [3.05, 3.63) is 0 Å². The first-order valence-corrected chi connectivity index (χ1v) is 7.30. The predicted octanol–water partition coefficient (Wildman–Crippen LogP) is 1.21. The molecule has 0 amide bonds. The Hall–Kier alpha value is -0.200. The molecule has 1 aliphatic rings. The molecule has 1 aliphatic carbocycles. The molecule has 0 aromatic rings. The Morgan fingerprint density at radius 3 is 2.68 bits per heavy atom. The van der Waals surface area contributed by atoms with Gasteiger partial charge in [0.2, 0.25) is 0 Å². The van der Waals surface area contributed by atoms with Crippen LogP contribution in [0, 0.1) is 0 Å². The highest BCUT2D eigenvalue weighted by molar-refractivity contribution is 4.97. The lowest BCUT2D eigenvalue weighted by atomic mass is 9.85. The van der Waals surface area contributed by atoms with Crippen molar-refractivity contribution < 1.29 is 18.9 Å². The molecule has 0 aliphatic heterocycles. The van der Waals surface area contributed by atoms with Crippen LogP contribution in [0.25, 0.3) is 0 Å². The standard InChI is InChI=1S/C14H29NO4/c1-5-15-12-9-13(14(12)18-8-7-16-4)19-11(3)10-17-6-2/h11-15H,5-10H2,1-4H3. The van der Waals surface area contributed by atoms with E-state index in [1.54, 1.807) is 7.11 Å². The van der Waals surface area contributed by atoms with Gasteiger partial charge in [-0.25, -0.2) is 0 Å². The highest BCUT2D eigenvalue weighted by Crippen LogP contribution is 2.28. The van der Waals surface area contributed by atoms with Crippen molar-refractivity contribution in [2.75, 3.05) is 40.1 Å². The maximum absolute atomic E-state index is 5.98. The van der Waals surface area contributed by atoms with E-state index in [9.17, 15) is 0 Å². The summed E-state index contributed by atoms with van der Waals surface area (Å²) in [6.45, 7) is 9.71. The fraction of sp³-hybridized carbons (Fsp3) is 1.00. The topological polar surface area (TPSA) is 49.0 Å². The zero-order valence-electron chi connectivity index (χ0n) is 12.7. The number of methoxy groups -OCH3 is 1. The van der Waals surface area contributed by atoms with Crippen molar-refractivity contribution in [1.82, 2.24) is 5.32 Å². The quantitative estimate of drug-likeness (QED) is 0.574. The van der Waals surface area contributed by atoms with Crippen LogP contribution in [0.3, 0.4) is 0 Å². The van der Waals surface area contributed by atoms with E-state index in [0.717, 1.165) is 19.6 Å². The van der Waals surface area contributed by atoms with Gasteiger partial charge in [0.05, 0.1) is 38.1 Å². The second kappa shape index (κ2) is 9.66. The number of ether oxygens (including phenoxy) is 4. The number of hydrogen-bond acceptors (Lipinski definition) is 5. The Morgan fingerprint density at radius 2 is 2.05 bits per heavy atom. The van der Waals surface area contributed by atoms with E-state index >= 15 is 0 Å². The van der Waals surface area contributed by atoms with Gasteiger partial charge < -0.3 is 24.3 Å². The molecule has 114 valence electrons. The molecular weight excluding hydrogens is 246 g/mol. The van der Waals surface area contributed by atoms with Crippen molar-refractivity contribution in [2.24, 2.45) is 0 Å². The summed E-state index contributed by atoms with van der Waals surface area (Å²) in [5.74, 6) is 0. The minimum Gasteiger partial charge on any atom is -0.382 e. The van der Waals surface area contributed by atoms with Gasteiger partial charge in [0.1, 0.15) is 0 Å². The molecule has 1 fully saturated rings. The summed E-state index contributed by atoms with van der Waals surface area (Å²) in [6, 6.07) is 0.395. The molecule has 19 heavy (non-hydrogen) atoms. The van der Waals surface area contributed by atoms with Crippen LogP contribution in [-0.2, 0) is 18.9 Å². The van der Waals surface area contributed by atoms with Crippen molar-refractivity contribution >= 4 is 0 Å². The summed E-state index contributed by atoms with van der Waals surface area (Å²) in [5.41, 5.74) is 0. The summed E-state index contributed by atoms with van der Waals surface area (Å²) < 4.78 is 22.2. The van der Waals surface area contributed by atoms with Gasteiger partial charge in [0.15, 0.2) is 0 Å². The molecule has 0 spiro atoms. The highest BCUT2D eigenvalue weighted by atomic mass is 16.6. The van der Waals surface area contributed by atoms with E-state index in [1.165, 1.54) is 0 Å². The molecule has 0 radical (unpaired) electrons. The zero-order valence-corrected chi connectivity index (χ0v) is 12.7. The Kier molecular flexibility index (Phi) is 8.57. The summed E-state index contributed by atoms with van der Waals surface area (Å²) in [7, 11) is 1.68. The third-order valence-corrected chi connectivity index (χ3v) is 3.28. The average molecular weight is 275 g/mol. The molecule has 4 unspecified atom stereocenters. The molecule has 0 aromatic carbocycles. The van der Waals surface area contributed by atoms with Crippen molar-refractivity contribution in [3.8, 4) is 0 Å². The van der Waals surface area contributed by atoms with E-state index in [4.69, 9.17) is 18.9 Å². The smallest absolute Gasteiger partial charge is 0.0991 e. The van der Waals surface area contributed by atoms with Crippen LogP contribution in [0.4, 0.5) is 0 Å². The molecular formula is C14H29NO4. The Morgan fingerprint density at radius 1 is 1.26 bits per heavy atom. The van der Waals surface area contributed by atoms with Crippen LogP contribution >= 0.6 is 0 Å². The van der Waals surface area contributed by atoms with E-state index in [1.807, 2.05) is 13.8 Å². The lowest BCUT2D eigenvalue weighted by Gasteiger charge is -2.45. The lowest BCUT2D eigenvalue weighted by molar-refractivity contribution is -0.176.